The van der Waals surface area contributed by atoms with E-state index in [-0.39, 0.29) is 86.0 Å². The van der Waals surface area contributed by atoms with Crippen molar-refractivity contribution in [2.45, 2.75) is 113 Å². The maximum Gasteiger partial charge on any atom is 0.409 e. The third-order valence-corrected chi connectivity index (χ3v) is 15.1. The number of nitrogens with zero attached hydrogens (tertiary/aromatic N) is 11. The van der Waals surface area contributed by atoms with Crippen LogP contribution in [-0.4, -0.2) is 146 Å². The molecule has 0 spiro atoms. The van der Waals surface area contributed by atoms with Gasteiger partial charge in [0.25, 0.3) is 23.6 Å². The summed E-state index contributed by atoms with van der Waals surface area (Å²) < 4.78 is 23.2. The maximum absolute atomic E-state index is 14.0. The number of hydrogen-bond acceptors (Lipinski definition) is 18. The molecule has 0 radical (unpaired) electrons. The first-order valence-corrected chi connectivity index (χ1v) is 29.7. The number of nitrogens with two attached hydrogens (primary N) is 2. The smallest absolute Gasteiger partial charge is 0.409 e. The number of carbonyl (C=O) groups is 9. The number of rotatable bonds is 27. The van der Waals surface area contributed by atoms with Crippen LogP contribution in [-0.2, 0) is 61.4 Å². The fraction of sp³-hybridized carbons (Fsp3) is 0.349. The third kappa shape index (κ3) is 14.6. The van der Waals surface area contributed by atoms with Crippen LogP contribution in [0.5, 0.6) is 5.75 Å². The Labute approximate surface area is 527 Å². The number of anilines is 2. The van der Waals surface area contributed by atoms with Crippen molar-refractivity contribution in [3.63, 3.8) is 0 Å². The van der Waals surface area contributed by atoms with Gasteiger partial charge in [-0.3, -0.25) is 53.3 Å². The molecule has 7 heterocycles. The van der Waals surface area contributed by atoms with Crippen molar-refractivity contribution in [2.75, 3.05) is 37.4 Å². The fourth-order valence-corrected chi connectivity index (χ4v) is 10.4. The van der Waals surface area contributed by atoms with Crippen molar-refractivity contribution in [1.29, 1.82) is 0 Å². The molecule has 0 fully saturated rings. The van der Waals surface area contributed by atoms with Crippen LogP contribution in [0, 0.1) is 26.7 Å². The number of imidazole rings is 1. The SMILES string of the molecule is CCc1nc(C)oc1C(=O)Nc1nc2cc(C(N)=O)cc(OCCCN(C)C(=O)OCc3ccc(NC(=O)[C@H](C)NC(=O)[C@@H](NC(=O)CCN4C(=O)C=CC4=O)C(C)C)cc3)c2n1C/C=C/Cn1c2nc(-c3cc(C)nn3CC)ncc2c2cc(C(N)=O)nc(C)c21. The predicted molar refractivity (Wildman–Crippen MR) is 337 cm³/mol. The zero-order chi connectivity index (χ0) is 66.2. The van der Waals surface area contributed by atoms with E-state index in [2.05, 4.69) is 36.3 Å². The van der Waals surface area contributed by atoms with Gasteiger partial charge in [0.15, 0.2) is 11.7 Å². The number of imide groups is 1. The summed E-state index contributed by atoms with van der Waals surface area (Å²) in [5.74, 6) is -4.12. The Hall–Kier alpha value is -11.1. The van der Waals surface area contributed by atoms with E-state index in [4.69, 9.17) is 40.3 Å². The van der Waals surface area contributed by atoms with Crippen LogP contribution < -0.4 is 37.5 Å². The summed E-state index contributed by atoms with van der Waals surface area (Å²) in [6.07, 6.45) is 7.56. The number of nitrogens with one attached hydrogen (secondary N) is 4. The molecule has 1 aliphatic rings. The van der Waals surface area contributed by atoms with Crippen LogP contribution in [0.25, 0.3) is 44.5 Å². The molecule has 0 unspecified atom stereocenters. The topological polar surface area (TPSA) is 384 Å². The van der Waals surface area contributed by atoms with E-state index in [0.29, 0.717) is 81.2 Å². The highest BCUT2D eigenvalue weighted by molar-refractivity contribution is 6.13. The van der Waals surface area contributed by atoms with Crippen molar-refractivity contribution >= 4 is 98.0 Å². The lowest BCUT2D eigenvalue weighted by Crippen LogP contribution is -2.54. The van der Waals surface area contributed by atoms with Crippen molar-refractivity contribution in [3.8, 4) is 17.3 Å². The summed E-state index contributed by atoms with van der Waals surface area (Å²) in [4.78, 5) is 141. The van der Waals surface area contributed by atoms with Gasteiger partial charge in [0, 0.05) is 93.5 Å². The molecule has 29 heteroatoms. The average Bonchev–Trinajstić information content (AvgIpc) is 1.60. The summed E-state index contributed by atoms with van der Waals surface area (Å²) in [5, 5.41) is 16.8. The van der Waals surface area contributed by atoms with Crippen molar-refractivity contribution < 1.29 is 57.0 Å². The number of carbonyl (C=O) groups excluding carboxylic acids is 9. The number of primary amides is 2. The molecule has 0 aliphatic carbocycles. The second-order valence-corrected chi connectivity index (χ2v) is 22.2. The molecule has 92 heavy (non-hydrogen) atoms. The average molecular weight is 1260 g/mol. The third-order valence-electron chi connectivity index (χ3n) is 15.1. The number of ether oxygens (including phenoxy) is 2. The Morgan fingerprint density at radius 1 is 0.804 bits per heavy atom. The van der Waals surface area contributed by atoms with E-state index >= 15 is 0 Å². The van der Waals surface area contributed by atoms with E-state index in [1.807, 2.05) is 48.2 Å². The Balaban J connectivity index is 0.857. The number of allylic oxidation sites excluding steroid dienone is 2. The lowest BCUT2D eigenvalue weighted by molar-refractivity contribution is -0.137. The monoisotopic (exact) mass is 1260 g/mol. The van der Waals surface area contributed by atoms with Gasteiger partial charge in [-0.15, -0.1) is 0 Å². The van der Waals surface area contributed by atoms with Gasteiger partial charge in [0.2, 0.25) is 35.3 Å². The van der Waals surface area contributed by atoms with Gasteiger partial charge < -0.3 is 55.3 Å². The molecule has 29 nitrogen and oxygen atoms in total. The molecule has 480 valence electrons. The largest absolute Gasteiger partial charge is 0.491 e. The number of fused-ring (bicyclic) bond motifs is 4. The zero-order valence-electron chi connectivity index (χ0n) is 52.3. The fourth-order valence-electron chi connectivity index (χ4n) is 10.4. The molecule has 1 aliphatic heterocycles. The summed E-state index contributed by atoms with van der Waals surface area (Å²) in [6, 6.07) is 11.0. The van der Waals surface area contributed by atoms with E-state index in [9.17, 15) is 43.2 Å². The number of aromatic nitrogens is 9. The molecule has 8 aromatic rings. The van der Waals surface area contributed by atoms with Crippen LogP contribution in [0.15, 0.2) is 83.4 Å². The molecule has 2 atom stereocenters. The standard InChI is InChI=1S/C63H71N17O12/c1-10-43-54(92-37(8)69-43)61(88)74-62-71-44-28-39(55(64)84)29-47(53(44)79(62)24-13-12-23-78-52-35(6)67-45(56(65)85)30-41(52)42-31-66-57(73-58(42)78)46-27-34(5)75-80(46)11-2)90-26-14-22-76(9)63(89)91-32-38-15-17-40(18-16-38)70-59(86)36(7)68-60(87)51(33(3)4)72-48(81)21-25-77-49(82)19-20-50(77)83/h12-13,15-20,27-31,33,36,51H,10-11,14,21-26,32H2,1-9H3,(H2,64,84)(H2,65,85)(H,68,87)(H,70,86)(H,72,81)(H,71,74,88)/b13-12+/t36-,51-/m0/s1. The van der Waals surface area contributed by atoms with Crippen LogP contribution in [0.4, 0.5) is 16.4 Å². The Kier molecular flexibility index (Phi) is 20.0. The molecule has 2 aromatic carbocycles. The van der Waals surface area contributed by atoms with Crippen molar-refractivity contribution in [3.05, 3.63) is 125 Å². The summed E-state index contributed by atoms with van der Waals surface area (Å²) >= 11 is 0. The molecule has 9 rings (SSSR count). The molecule has 8 N–H and O–H groups in total. The quantitative estimate of drug-likeness (QED) is 0.0215. The zero-order valence-corrected chi connectivity index (χ0v) is 52.3. The number of pyridine rings is 1. The molecule has 0 saturated heterocycles. The minimum atomic E-state index is -1.01. The number of amides is 9. The highest BCUT2D eigenvalue weighted by atomic mass is 16.6. The maximum atomic E-state index is 14.0. The van der Waals surface area contributed by atoms with E-state index in [0.717, 1.165) is 28.4 Å². The lowest BCUT2D eigenvalue weighted by Gasteiger charge is -2.24. The highest BCUT2D eigenvalue weighted by Crippen LogP contribution is 2.34. The van der Waals surface area contributed by atoms with Crippen molar-refractivity contribution in [2.24, 2.45) is 17.4 Å². The number of benzene rings is 2. The van der Waals surface area contributed by atoms with Gasteiger partial charge in [0.1, 0.15) is 47.0 Å². The molecular weight excluding hydrogens is 1190 g/mol. The summed E-state index contributed by atoms with van der Waals surface area (Å²) in [5.41, 5.74) is 17.2. The summed E-state index contributed by atoms with van der Waals surface area (Å²) in [7, 11) is 1.56. The van der Waals surface area contributed by atoms with Crippen LogP contribution >= 0.6 is 0 Å². The minimum Gasteiger partial charge on any atom is -0.491 e. The molecule has 0 saturated carbocycles. The number of oxazole rings is 1. The van der Waals surface area contributed by atoms with Gasteiger partial charge in [-0.2, -0.15) is 5.10 Å². The molecule has 6 aromatic heterocycles. The van der Waals surface area contributed by atoms with Gasteiger partial charge in [-0.25, -0.2) is 29.7 Å². The molecule has 0 bridgehead atoms. The second kappa shape index (κ2) is 28.1. The van der Waals surface area contributed by atoms with Gasteiger partial charge in [-0.05, 0) is 88.4 Å². The Morgan fingerprint density at radius 3 is 2.20 bits per heavy atom. The normalized spacial score (nSPS) is 13.0. The predicted octanol–water partition coefficient (Wildman–Crippen LogP) is 5.33. The second-order valence-electron chi connectivity index (χ2n) is 22.2. The number of aryl methyl sites for hydroxylation is 5. The Bertz CT molecular complexity index is 4270. The first-order chi connectivity index (χ1) is 43.9. The summed E-state index contributed by atoms with van der Waals surface area (Å²) in [6.45, 7) is 14.9. The molecular formula is C63H71N17O12. The van der Waals surface area contributed by atoms with E-state index in [1.165, 1.54) is 24.0 Å². The van der Waals surface area contributed by atoms with Crippen LogP contribution in [0.2, 0.25) is 0 Å². The minimum absolute atomic E-state index is 0.00808. The lowest BCUT2D eigenvalue weighted by atomic mass is 10.0. The van der Waals surface area contributed by atoms with Crippen LogP contribution in [0.3, 0.4) is 0 Å². The van der Waals surface area contributed by atoms with Crippen LogP contribution in [0.1, 0.15) is 107 Å². The van der Waals surface area contributed by atoms with Crippen molar-refractivity contribution in [1.82, 2.24) is 64.3 Å². The van der Waals surface area contributed by atoms with Gasteiger partial charge >= 0.3 is 6.09 Å². The molecule has 9 amide bonds. The van der Waals surface area contributed by atoms with E-state index < -0.39 is 65.4 Å². The van der Waals surface area contributed by atoms with E-state index in [1.54, 1.807) is 75.8 Å². The first kappa shape index (κ1) is 65.3. The van der Waals surface area contributed by atoms with Gasteiger partial charge in [0.05, 0.1) is 34.7 Å². The first-order valence-electron chi connectivity index (χ1n) is 29.7. The Morgan fingerprint density at radius 2 is 1.52 bits per heavy atom. The number of hydrogen-bond donors (Lipinski definition) is 6. The highest BCUT2D eigenvalue weighted by Gasteiger charge is 2.30. The van der Waals surface area contributed by atoms with Gasteiger partial charge in [-0.1, -0.05) is 45.1 Å².